The van der Waals surface area contributed by atoms with E-state index in [9.17, 15) is 0 Å². The van der Waals surface area contributed by atoms with Crippen LogP contribution in [0.1, 0.15) is 46.5 Å². The van der Waals surface area contributed by atoms with Gasteiger partial charge in [0.25, 0.3) is 0 Å². The minimum Gasteiger partial charge on any atom is -0.387 e. The third-order valence-electron chi connectivity index (χ3n) is 2.76. The minimum atomic E-state index is 0.345. The van der Waals surface area contributed by atoms with Crippen LogP contribution >= 0.6 is 0 Å². The lowest BCUT2D eigenvalue weighted by Gasteiger charge is -2.26. The number of nitrogens with two attached hydrogens (primary N) is 1. The average molecular weight is 182 g/mol. The molecule has 0 bridgehead atoms. The van der Waals surface area contributed by atoms with Crippen molar-refractivity contribution in [1.82, 2.24) is 0 Å². The molecule has 13 heavy (non-hydrogen) atoms. The highest BCUT2D eigenvalue weighted by molar-refractivity contribution is 5.83. The summed E-state index contributed by atoms with van der Waals surface area (Å²) >= 11 is 0. The average Bonchev–Trinajstić information content (AvgIpc) is 2.03. The SMILES string of the molecule is CC1CCCC(C(N)=NC(C)C)C1. The fourth-order valence-electron chi connectivity index (χ4n) is 2.11. The molecule has 0 aromatic heterocycles. The van der Waals surface area contributed by atoms with Crippen LogP contribution in [0.25, 0.3) is 0 Å². The van der Waals surface area contributed by atoms with Crippen molar-refractivity contribution in [3.05, 3.63) is 0 Å². The number of aliphatic imine (C=N–C) groups is 1. The standard InChI is InChI=1S/C11H22N2/c1-8(2)13-11(12)10-6-4-5-9(3)7-10/h8-10H,4-7H2,1-3H3,(H2,12,13). The second-order valence-corrected chi connectivity index (χ2v) is 4.62. The Morgan fingerprint density at radius 3 is 2.62 bits per heavy atom. The van der Waals surface area contributed by atoms with Crippen LogP contribution in [0.15, 0.2) is 4.99 Å². The molecule has 1 fully saturated rings. The molecule has 1 aliphatic rings. The maximum absolute atomic E-state index is 5.96. The van der Waals surface area contributed by atoms with Gasteiger partial charge >= 0.3 is 0 Å². The van der Waals surface area contributed by atoms with Crippen LogP contribution in [0.2, 0.25) is 0 Å². The quantitative estimate of drug-likeness (QED) is 0.517. The first-order chi connectivity index (χ1) is 6.09. The summed E-state index contributed by atoms with van der Waals surface area (Å²) in [5, 5.41) is 0. The Morgan fingerprint density at radius 1 is 1.38 bits per heavy atom. The van der Waals surface area contributed by atoms with E-state index in [1.54, 1.807) is 0 Å². The van der Waals surface area contributed by atoms with Gasteiger partial charge in [-0.2, -0.15) is 0 Å². The topological polar surface area (TPSA) is 38.4 Å². The number of hydrogen-bond acceptors (Lipinski definition) is 1. The van der Waals surface area contributed by atoms with Crippen molar-refractivity contribution in [3.63, 3.8) is 0 Å². The van der Waals surface area contributed by atoms with Gasteiger partial charge in [-0.05, 0) is 32.6 Å². The Morgan fingerprint density at radius 2 is 2.08 bits per heavy atom. The highest BCUT2D eigenvalue weighted by Gasteiger charge is 2.21. The van der Waals surface area contributed by atoms with E-state index in [1.165, 1.54) is 25.7 Å². The van der Waals surface area contributed by atoms with E-state index in [-0.39, 0.29) is 0 Å². The van der Waals surface area contributed by atoms with Crippen molar-refractivity contribution >= 4 is 5.84 Å². The molecule has 2 atom stereocenters. The summed E-state index contributed by atoms with van der Waals surface area (Å²) in [6, 6.07) is 0.345. The van der Waals surface area contributed by atoms with Gasteiger partial charge in [-0.1, -0.05) is 19.8 Å². The Balaban J connectivity index is 2.50. The van der Waals surface area contributed by atoms with E-state index in [2.05, 4.69) is 25.8 Å². The molecule has 0 heterocycles. The molecule has 2 unspecified atom stereocenters. The van der Waals surface area contributed by atoms with Crippen molar-refractivity contribution in [2.75, 3.05) is 0 Å². The first-order valence-corrected chi connectivity index (χ1v) is 5.42. The van der Waals surface area contributed by atoms with Gasteiger partial charge in [0.05, 0.1) is 5.84 Å². The van der Waals surface area contributed by atoms with E-state index in [4.69, 9.17) is 5.73 Å². The summed E-state index contributed by atoms with van der Waals surface area (Å²) in [6.07, 6.45) is 5.17. The molecule has 1 rings (SSSR count). The van der Waals surface area contributed by atoms with Crippen molar-refractivity contribution in [1.29, 1.82) is 0 Å². The first kappa shape index (κ1) is 10.6. The van der Waals surface area contributed by atoms with Crippen LogP contribution in [0.4, 0.5) is 0 Å². The molecule has 0 aliphatic heterocycles. The van der Waals surface area contributed by atoms with Gasteiger partial charge in [0, 0.05) is 12.0 Å². The largest absolute Gasteiger partial charge is 0.387 e. The van der Waals surface area contributed by atoms with Crippen molar-refractivity contribution < 1.29 is 0 Å². The van der Waals surface area contributed by atoms with Gasteiger partial charge in [0.1, 0.15) is 0 Å². The summed E-state index contributed by atoms with van der Waals surface area (Å²) in [5.41, 5.74) is 5.96. The van der Waals surface area contributed by atoms with Crippen LogP contribution in [0, 0.1) is 11.8 Å². The Kier molecular flexibility index (Phi) is 3.76. The van der Waals surface area contributed by atoms with E-state index in [1.807, 2.05) is 0 Å². The van der Waals surface area contributed by atoms with Crippen LogP contribution < -0.4 is 5.73 Å². The molecule has 0 saturated heterocycles. The number of nitrogens with zero attached hydrogens (tertiary/aromatic N) is 1. The van der Waals surface area contributed by atoms with Crippen molar-refractivity contribution in [3.8, 4) is 0 Å². The molecule has 0 spiro atoms. The van der Waals surface area contributed by atoms with Gasteiger partial charge in [0.15, 0.2) is 0 Å². The molecule has 2 nitrogen and oxygen atoms in total. The Bertz CT molecular complexity index is 185. The highest BCUT2D eigenvalue weighted by Crippen LogP contribution is 2.28. The Hall–Kier alpha value is -0.530. The normalized spacial score (nSPS) is 30.9. The summed E-state index contributed by atoms with van der Waals surface area (Å²) in [7, 11) is 0. The molecule has 0 aromatic rings. The fourth-order valence-corrected chi connectivity index (χ4v) is 2.11. The predicted molar refractivity (Wildman–Crippen MR) is 57.9 cm³/mol. The summed E-state index contributed by atoms with van der Waals surface area (Å²) in [4.78, 5) is 4.43. The molecular formula is C11H22N2. The zero-order valence-electron chi connectivity index (χ0n) is 9.09. The zero-order valence-corrected chi connectivity index (χ0v) is 9.09. The van der Waals surface area contributed by atoms with E-state index in [0.717, 1.165) is 11.8 Å². The van der Waals surface area contributed by atoms with E-state index >= 15 is 0 Å². The minimum absolute atomic E-state index is 0.345. The number of rotatable bonds is 2. The van der Waals surface area contributed by atoms with Crippen molar-refractivity contribution in [2.24, 2.45) is 22.6 Å². The van der Waals surface area contributed by atoms with Gasteiger partial charge in [-0.15, -0.1) is 0 Å². The number of hydrogen-bond donors (Lipinski definition) is 1. The van der Waals surface area contributed by atoms with Crippen LogP contribution in [0.5, 0.6) is 0 Å². The smallest absolute Gasteiger partial charge is 0.0971 e. The fraction of sp³-hybridized carbons (Fsp3) is 0.909. The second kappa shape index (κ2) is 4.64. The molecule has 0 radical (unpaired) electrons. The van der Waals surface area contributed by atoms with E-state index in [0.29, 0.717) is 12.0 Å². The second-order valence-electron chi connectivity index (χ2n) is 4.62. The van der Waals surface area contributed by atoms with Gasteiger partial charge in [-0.25, -0.2) is 0 Å². The first-order valence-electron chi connectivity index (χ1n) is 5.42. The van der Waals surface area contributed by atoms with Crippen molar-refractivity contribution in [2.45, 2.75) is 52.5 Å². The lowest BCUT2D eigenvalue weighted by atomic mass is 9.82. The summed E-state index contributed by atoms with van der Waals surface area (Å²) in [6.45, 7) is 6.48. The molecule has 2 N–H and O–H groups in total. The summed E-state index contributed by atoms with van der Waals surface area (Å²) in [5.74, 6) is 2.28. The third-order valence-corrected chi connectivity index (χ3v) is 2.76. The summed E-state index contributed by atoms with van der Waals surface area (Å²) < 4.78 is 0. The molecule has 0 aromatic carbocycles. The molecule has 0 amide bonds. The Labute approximate surface area is 81.6 Å². The highest BCUT2D eigenvalue weighted by atomic mass is 14.9. The van der Waals surface area contributed by atoms with Gasteiger partial charge < -0.3 is 5.73 Å². The maximum atomic E-state index is 5.96. The predicted octanol–water partition coefficient (Wildman–Crippen LogP) is 2.58. The molecule has 76 valence electrons. The van der Waals surface area contributed by atoms with Crippen LogP contribution in [0.3, 0.4) is 0 Å². The van der Waals surface area contributed by atoms with Crippen LogP contribution in [-0.2, 0) is 0 Å². The molecular weight excluding hydrogens is 160 g/mol. The molecule has 2 heteroatoms. The van der Waals surface area contributed by atoms with Gasteiger partial charge in [0.2, 0.25) is 0 Å². The lowest BCUT2D eigenvalue weighted by molar-refractivity contribution is 0.337. The lowest BCUT2D eigenvalue weighted by Crippen LogP contribution is -2.29. The third kappa shape index (κ3) is 3.37. The van der Waals surface area contributed by atoms with Gasteiger partial charge in [-0.3, -0.25) is 4.99 Å². The maximum Gasteiger partial charge on any atom is 0.0971 e. The van der Waals surface area contributed by atoms with E-state index < -0.39 is 0 Å². The van der Waals surface area contributed by atoms with Crippen LogP contribution in [-0.4, -0.2) is 11.9 Å². The molecule has 1 saturated carbocycles. The zero-order chi connectivity index (χ0) is 9.84. The molecule has 1 aliphatic carbocycles. The number of amidine groups is 1. The monoisotopic (exact) mass is 182 g/mol.